The fourth-order valence-corrected chi connectivity index (χ4v) is 1.78. The van der Waals surface area contributed by atoms with Crippen molar-refractivity contribution in [2.24, 2.45) is 0 Å². The number of anilines is 1. The van der Waals surface area contributed by atoms with Gasteiger partial charge in [0.05, 0.1) is 0 Å². The van der Waals surface area contributed by atoms with Gasteiger partial charge >= 0.3 is 0 Å². The number of nitrogens with one attached hydrogen (secondary N) is 1. The number of amides is 1. The van der Waals surface area contributed by atoms with Crippen molar-refractivity contribution in [2.75, 3.05) is 5.32 Å². The van der Waals surface area contributed by atoms with Crippen LogP contribution < -0.4 is 5.32 Å². The molecule has 102 valence electrons. The zero-order chi connectivity index (χ0) is 14.5. The molecular weight excluding hydrogens is 304 g/mol. The van der Waals surface area contributed by atoms with Crippen molar-refractivity contribution in [2.45, 2.75) is 0 Å². The second-order valence-electron chi connectivity index (χ2n) is 3.72. The average Bonchev–Trinajstić information content (AvgIpc) is 2.37. The summed E-state index contributed by atoms with van der Waals surface area (Å²) in [6.45, 7) is 0. The zero-order valence-electron chi connectivity index (χ0n) is 9.98. The number of aromatic nitrogens is 2. The smallest absolute Gasteiger partial charge is 0.249 e. The molecule has 0 saturated heterocycles. The lowest BCUT2D eigenvalue weighted by Gasteiger charge is -2.01. The third-order valence-corrected chi connectivity index (χ3v) is 2.58. The molecule has 2 rings (SSSR count). The molecule has 0 radical (unpaired) electrons. The Kier molecular flexibility index (Phi) is 4.65. The molecule has 0 aliphatic carbocycles. The number of hydrogen-bond acceptors (Lipinski definition) is 3. The highest BCUT2D eigenvalue weighted by Gasteiger charge is 2.03. The second kappa shape index (κ2) is 6.45. The molecule has 0 bridgehead atoms. The maximum Gasteiger partial charge on any atom is 0.249 e. The number of hydrogen-bond donors (Lipinski definition) is 1. The quantitative estimate of drug-likeness (QED) is 0.535. The molecule has 4 nitrogen and oxygen atoms in total. The van der Waals surface area contributed by atoms with Crippen LogP contribution in [0.3, 0.4) is 0 Å². The summed E-state index contributed by atoms with van der Waals surface area (Å²) in [6.07, 6.45) is 2.83. The van der Waals surface area contributed by atoms with Gasteiger partial charge in [0.2, 0.25) is 11.2 Å². The number of nitrogens with zero attached hydrogens (tertiary/aromatic N) is 2. The van der Waals surface area contributed by atoms with Gasteiger partial charge < -0.3 is 5.32 Å². The lowest BCUT2D eigenvalue weighted by Crippen LogP contribution is -2.09. The van der Waals surface area contributed by atoms with Gasteiger partial charge in [-0.05, 0) is 35.4 Å². The van der Waals surface area contributed by atoms with Gasteiger partial charge in [0, 0.05) is 12.1 Å². The van der Waals surface area contributed by atoms with E-state index in [0.717, 1.165) is 0 Å². The highest BCUT2D eigenvalue weighted by atomic mass is 35.5. The van der Waals surface area contributed by atoms with Crippen molar-refractivity contribution in [1.29, 1.82) is 0 Å². The summed E-state index contributed by atoms with van der Waals surface area (Å²) in [5.74, 6) is -0.555. The van der Waals surface area contributed by atoms with Crippen molar-refractivity contribution in [1.82, 2.24) is 9.97 Å². The van der Waals surface area contributed by atoms with Crippen molar-refractivity contribution < 1.29 is 9.18 Å². The Morgan fingerprint density at radius 3 is 2.55 bits per heavy atom. The highest BCUT2D eigenvalue weighted by Crippen LogP contribution is 2.14. The molecule has 7 heteroatoms. The fourth-order valence-electron chi connectivity index (χ4n) is 1.37. The summed E-state index contributed by atoms with van der Waals surface area (Å²) < 4.78 is 12.7. The van der Waals surface area contributed by atoms with Crippen LogP contribution in [0, 0.1) is 5.82 Å². The summed E-state index contributed by atoms with van der Waals surface area (Å²) >= 11 is 11.3. The Balaban J connectivity index is 2.03. The first kappa shape index (κ1) is 14.4. The van der Waals surface area contributed by atoms with Crippen LogP contribution in [-0.2, 0) is 4.79 Å². The maximum atomic E-state index is 12.7. The normalized spacial score (nSPS) is 10.8. The number of carbonyl (C=O) groups is 1. The monoisotopic (exact) mass is 311 g/mol. The predicted octanol–water partition coefficient (Wildman–Crippen LogP) is 3.57. The lowest BCUT2D eigenvalue weighted by atomic mass is 10.2. The van der Waals surface area contributed by atoms with Gasteiger partial charge in [-0.15, -0.1) is 0 Å². The van der Waals surface area contributed by atoms with E-state index in [1.54, 1.807) is 18.2 Å². The van der Waals surface area contributed by atoms with Crippen LogP contribution >= 0.6 is 23.2 Å². The predicted molar refractivity (Wildman–Crippen MR) is 76.1 cm³/mol. The molecule has 0 fully saturated rings. The molecular formula is C13H8Cl2FN3O. The van der Waals surface area contributed by atoms with Gasteiger partial charge in [0.15, 0.2) is 0 Å². The van der Waals surface area contributed by atoms with Gasteiger partial charge in [-0.25, -0.2) is 14.4 Å². The number of rotatable bonds is 3. The van der Waals surface area contributed by atoms with E-state index in [1.165, 1.54) is 24.3 Å². The van der Waals surface area contributed by atoms with Gasteiger partial charge in [-0.1, -0.05) is 23.7 Å². The summed E-state index contributed by atoms with van der Waals surface area (Å²) in [5.41, 5.74) is 0.695. The van der Waals surface area contributed by atoms with Crippen LogP contribution in [0.15, 0.2) is 36.4 Å². The summed E-state index contributed by atoms with van der Waals surface area (Å²) in [7, 11) is 0. The molecule has 0 unspecified atom stereocenters. The SMILES string of the molecule is O=C(/C=C/c1ccc(F)cc1)Nc1cc(Cl)nc(Cl)n1. The Morgan fingerprint density at radius 2 is 1.90 bits per heavy atom. The third kappa shape index (κ3) is 4.29. The van der Waals surface area contributed by atoms with E-state index >= 15 is 0 Å². The largest absolute Gasteiger partial charge is 0.307 e. The van der Waals surface area contributed by atoms with Crippen molar-refractivity contribution >= 4 is 41.0 Å². The minimum Gasteiger partial charge on any atom is -0.307 e. The van der Waals surface area contributed by atoms with Crippen LogP contribution in [0.1, 0.15) is 5.56 Å². The highest BCUT2D eigenvalue weighted by molar-refractivity contribution is 6.32. The topological polar surface area (TPSA) is 54.9 Å². The minimum absolute atomic E-state index is 0.0599. The lowest BCUT2D eigenvalue weighted by molar-refractivity contribution is -0.111. The number of halogens is 3. The second-order valence-corrected chi connectivity index (χ2v) is 4.44. The van der Waals surface area contributed by atoms with Crippen LogP contribution in [0.25, 0.3) is 6.08 Å². The molecule has 1 amide bonds. The van der Waals surface area contributed by atoms with Crippen molar-refractivity contribution in [3.63, 3.8) is 0 Å². The molecule has 0 aliphatic rings. The summed E-state index contributed by atoms with van der Waals surface area (Å²) in [5, 5.41) is 2.55. The van der Waals surface area contributed by atoms with Crippen LogP contribution in [-0.4, -0.2) is 15.9 Å². The molecule has 1 heterocycles. The van der Waals surface area contributed by atoms with E-state index in [4.69, 9.17) is 23.2 Å². The van der Waals surface area contributed by atoms with Crippen molar-refractivity contribution in [3.05, 3.63) is 58.2 Å². The van der Waals surface area contributed by atoms with E-state index in [-0.39, 0.29) is 22.1 Å². The van der Waals surface area contributed by atoms with Crippen LogP contribution in [0.5, 0.6) is 0 Å². The van der Waals surface area contributed by atoms with Gasteiger partial charge in [-0.2, -0.15) is 0 Å². The van der Waals surface area contributed by atoms with Crippen LogP contribution in [0.4, 0.5) is 10.2 Å². The first-order valence-corrected chi connectivity index (χ1v) is 6.23. The number of benzene rings is 1. The van der Waals surface area contributed by atoms with E-state index in [0.29, 0.717) is 5.56 Å². The van der Waals surface area contributed by atoms with Crippen molar-refractivity contribution in [3.8, 4) is 0 Å². The van der Waals surface area contributed by atoms with E-state index in [9.17, 15) is 9.18 Å². The molecule has 2 aromatic rings. The van der Waals surface area contributed by atoms with Gasteiger partial charge in [-0.3, -0.25) is 4.79 Å². The fraction of sp³-hybridized carbons (Fsp3) is 0. The van der Waals surface area contributed by atoms with Gasteiger partial charge in [0.25, 0.3) is 0 Å². The molecule has 0 aliphatic heterocycles. The Labute approximate surface area is 124 Å². The minimum atomic E-state index is -0.417. The molecule has 0 saturated carbocycles. The molecule has 1 aromatic carbocycles. The molecule has 1 N–H and O–H groups in total. The zero-order valence-corrected chi connectivity index (χ0v) is 11.5. The summed E-state index contributed by atoms with van der Waals surface area (Å²) in [6, 6.07) is 7.09. The molecule has 0 spiro atoms. The van der Waals surface area contributed by atoms with Gasteiger partial charge in [0.1, 0.15) is 16.8 Å². The van der Waals surface area contributed by atoms with E-state index in [1.807, 2.05) is 0 Å². The molecule has 1 aromatic heterocycles. The van der Waals surface area contributed by atoms with E-state index in [2.05, 4.69) is 15.3 Å². The summed E-state index contributed by atoms with van der Waals surface area (Å²) in [4.78, 5) is 19.1. The third-order valence-electron chi connectivity index (χ3n) is 2.22. The average molecular weight is 312 g/mol. The van der Waals surface area contributed by atoms with Crippen LogP contribution in [0.2, 0.25) is 10.4 Å². The number of carbonyl (C=O) groups excluding carboxylic acids is 1. The molecule has 20 heavy (non-hydrogen) atoms. The Hall–Kier alpha value is -1.98. The molecule has 0 atom stereocenters. The standard InChI is InChI=1S/C13H8Cl2FN3O/c14-10-7-11(19-13(15)17-10)18-12(20)6-3-8-1-4-9(16)5-2-8/h1-7H,(H,17,18,19,20)/b6-3+. The van der Waals surface area contributed by atoms with E-state index < -0.39 is 5.91 Å². The first-order chi connectivity index (χ1) is 9.52. The Morgan fingerprint density at radius 1 is 1.20 bits per heavy atom. The first-order valence-electron chi connectivity index (χ1n) is 5.47. The Bertz CT molecular complexity index is 639. The maximum absolute atomic E-state index is 12.7.